The van der Waals surface area contributed by atoms with Crippen molar-refractivity contribution in [1.29, 1.82) is 0 Å². The molecule has 0 spiro atoms. The summed E-state index contributed by atoms with van der Waals surface area (Å²) >= 11 is 0. The molecule has 2 unspecified atom stereocenters. The minimum atomic E-state index is 0.0878. The maximum absolute atomic E-state index is 6.41. The minimum Gasteiger partial charge on any atom is -0.497 e. The molecule has 0 amide bonds. The lowest BCUT2D eigenvalue weighted by molar-refractivity contribution is -0.134. The number of methoxy groups -OCH3 is 1. The normalized spacial score (nSPS) is 38.3. The van der Waals surface area contributed by atoms with E-state index < -0.39 is 0 Å². The second-order valence-electron chi connectivity index (χ2n) is 8.36. The fourth-order valence-corrected chi connectivity index (χ4v) is 5.50. The monoisotopic (exact) mass is 328 g/mol. The summed E-state index contributed by atoms with van der Waals surface area (Å²) in [5.41, 5.74) is 9.37. The second kappa shape index (κ2) is 5.45. The number of hydrogen-bond acceptors (Lipinski definition) is 4. The van der Waals surface area contributed by atoms with Crippen LogP contribution < -0.4 is 10.5 Å². The van der Waals surface area contributed by atoms with Crippen molar-refractivity contribution < 1.29 is 9.47 Å². The summed E-state index contributed by atoms with van der Waals surface area (Å²) in [4.78, 5) is 2.73. The molecule has 2 bridgehead atoms. The first-order valence-corrected chi connectivity index (χ1v) is 9.48. The van der Waals surface area contributed by atoms with Gasteiger partial charge in [-0.05, 0) is 67.8 Å². The van der Waals surface area contributed by atoms with Gasteiger partial charge in [-0.15, -0.1) is 0 Å². The topological polar surface area (TPSA) is 47.7 Å². The number of piperidine rings is 1. The first-order chi connectivity index (χ1) is 11.7. The van der Waals surface area contributed by atoms with Crippen LogP contribution in [0.5, 0.6) is 5.75 Å². The third-order valence-corrected chi connectivity index (χ3v) is 6.80. The zero-order valence-electron chi connectivity index (χ0n) is 14.5. The summed E-state index contributed by atoms with van der Waals surface area (Å²) in [7, 11) is 1.75. The van der Waals surface area contributed by atoms with Gasteiger partial charge in [0.1, 0.15) is 5.75 Å². The maximum Gasteiger partial charge on any atom is 0.119 e. The standard InChI is InChI=1S/C20H28N2O2/c1-23-16-5-4-14-8-18-19-20(17(14)9-16,10-15(21)12-24-19)6-7-22(18)11-13-2-3-13/h4-5,9,13,15,18-19H,2-3,6-8,10-12,21H2,1H3/t15?,18-,19?,20-/m0/s1. The Morgan fingerprint density at radius 3 is 3.04 bits per heavy atom. The van der Waals surface area contributed by atoms with Gasteiger partial charge in [0.2, 0.25) is 0 Å². The number of nitrogens with zero attached hydrogens (tertiary/aromatic N) is 1. The lowest BCUT2D eigenvalue weighted by atomic mass is 9.58. The fourth-order valence-electron chi connectivity index (χ4n) is 5.50. The zero-order valence-corrected chi connectivity index (χ0v) is 14.5. The highest BCUT2D eigenvalue weighted by molar-refractivity contribution is 5.46. The quantitative estimate of drug-likeness (QED) is 0.923. The number of benzene rings is 1. The number of likely N-dealkylation sites (tertiary alicyclic amines) is 1. The molecule has 1 saturated carbocycles. The third kappa shape index (κ3) is 2.23. The van der Waals surface area contributed by atoms with Gasteiger partial charge >= 0.3 is 0 Å². The van der Waals surface area contributed by atoms with Crippen molar-refractivity contribution in [3.63, 3.8) is 0 Å². The van der Waals surface area contributed by atoms with Gasteiger partial charge < -0.3 is 15.2 Å². The molecular formula is C20H28N2O2. The smallest absolute Gasteiger partial charge is 0.119 e. The molecule has 2 saturated heterocycles. The molecule has 4 aliphatic rings. The van der Waals surface area contributed by atoms with E-state index in [0.717, 1.165) is 30.9 Å². The van der Waals surface area contributed by atoms with Gasteiger partial charge in [-0.25, -0.2) is 0 Å². The molecule has 130 valence electrons. The van der Waals surface area contributed by atoms with Crippen LogP contribution in [0.1, 0.15) is 36.8 Å². The highest BCUT2D eigenvalue weighted by Gasteiger charge is 2.56. The number of fused-ring (bicyclic) bond motifs is 1. The molecule has 2 heterocycles. The molecule has 2 aliphatic heterocycles. The average molecular weight is 328 g/mol. The van der Waals surface area contributed by atoms with Crippen LogP contribution in [-0.2, 0) is 16.6 Å². The van der Waals surface area contributed by atoms with E-state index in [1.54, 1.807) is 7.11 Å². The number of ether oxygens (including phenoxy) is 2. The molecule has 1 aromatic carbocycles. The van der Waals surface area contributed by atoms with Crippen molar-refractivity contribution in [3.05, 3.63) is 29.3 Å². The second-order valence-corrected chi connectivity index (χ2v) is 8.36. The van der Waals surface area contributed by atoms with Crippen LogP contribution in [0, 0.1) is 5.92 Å². The molecule has 0 radical (unpaired) electrons. The Morgan fingerprint density at radius 1 is 1.38 bits per heavy atom. The molecule has 4 heteroatoms. The molecule has 2 aliphatic carbocycles. The summed E-state index contributed by atoms with van der Waals surface area (Å²) in [6.45, 7) is 3.15. The largest absolute Gasteiger partial charge is 0.497 e. The Kier molecular flexibility index (Phi) is 3.45. The van der Waals surface area contributed by atoms with Gasteiger partial charge in [0, 0.05) is 24.0 Å². The van der Waals surface area contributed by atoms with Gasteiger partial charge in [-0.3, -0.25) is 4.90 Å². The van der Waals surface area contributed by atoms with Crippen LogP contribution in [0.2, 0.25) is 0 Å². The molecule has 3 fully saturated rings. The first-order valence-electron chi connectivity index (χ1n) is 9.48. The van der Waals surface area contributed by atoms with E-state index >= 15 is 0 Å². The van der Waals surface area contributed by atoms with E-state index in [2.05, 4.69) is 23.1 Å². The average Bonchev–Trinajstić information content (AvgIpc) is 3.41. The number of hydrogen-bond donors (Lipinski definition) is 1. The molecule has 4 atom stereocenters. The Balaban J connectivity index is 1.58. The van der Waals surface area contributed by atoms with Crippen molar-refractivity contribution in [2.75, 3.05) is 26.8 Å². The van der Waals surface area contributed by atoms with Crippen LogP contribution in [0.3, 0.4) is 0 Å². The van der Waals surface area contributed by atoms with Gasteiger partial charge in [0.05, 0.1) is 19.8 Å². The Bertz CT molecular complexity index is 645. The van der Waals surface area contributed by atoms with Gasteiger partial charge in [-0.2, -0.15) is 0 Å². The molecule has 4 nitrogen and oxygen atoms in total. The molecular weight excluding hydrogens is 300 g/mol. The molecule has 24 heavy (non-hydrogen) atoms. The van der Waals surface area contributed by atoms with Gasteiger partial charge in [0.15, 0.2) is 0 Å². The van der Waals surface area contributed by atoms with Crippen LogP contribution in [-0.4, -0.2) is 49.9 Å². The van der Waals surface area contributed by atoms with Crippen LogP contribution >= 0.6 is 0 Å². The summed E-state index contributed by atoms with van der Waals surface area (Å²) in [5, 5.41) is 0. The molecule has 2 N–H and O–H groups in total. The van der Waals surface area contributed by atoms with E-state index in [1.165, 1.54) is 37.1 Å². The number of nitrogens with two attached hydrogens (primary N) is 1. The molecule has 0 aromatic heterocycles. The number of rotatable bonds is 3. The lowest BCUT2D eigenvalue weighted by Crippen LogP contribution is -2.68. The Labute approximate surface area is 144 Å². The van der Waals surface area contributed by atoms with Crippen molar-refractivity contribution in [2.45, 2.75) is 55.7 Å². The Morgan fingerprint density at radius 2 is 2.25 bits per heavy atom. The minimum absolute atomic E-state index is 0.0878. The van der Waals surface area contributed by atoms with E-state index in [0.29, 0.717) is 18.8 Å². The predicted molar refractivity (Wildman–Crippen MR) is 93.4 cm³/mol. The van der Waals surface area contributed by atoms with Gasteiger partial charge in [0.25, 0.3) is 0 Å². The van der Waals surface area contributed by atoms with Crippen molar-refractivity contribution >= 4 is 0 Å². The van der Waals surface area contributed by atoms with Crippen LogP contribution in [0.4, 0.5) is 0 Å². The molecule has 5 rings (SSSR count). The summed E-state index contributed by atoms with van der Waals surface area (Å²) in [6.07, 6.45) is 6.44. The van der Waals surface area contributed by atoms with Crippen molar-refractivity contribution in [1.82, 2.24) is 4.90 Å². The highest BCUT2D eigenvalue weighted by atomic mass is 16.5. The van der Waals surface area contributed by atoms with E-state index in [9.17, 15) is 0 Å². The fraction of sp³-hybridized carbons (Fsp3) is 0.700. The molecule has 1 aromatic rings. The van der Waals surface area contributed by atoms with E-state index in [4.69, 9.17) is 15.2 Å². The summed E-state index contributed by atoms with van der Waals surface area (Å²) in [5.74, 6) is 1.89. The van der Waals surface area contributed by atoms with Crippen molar-refractivity contribution in [2.24, 2.45) is 11.7 Å². The summed E-state index contributed by atoms with van der Waals surface area (Å²) in [6, 6.07) is 7.32. The predicted octanol–water partition coefficient (Wildman–Crippen LogP) is 2.09. The Hall–Kier alpha value is -1.10. The van der Waals surface area contributed by atoms with Crippen molar-refractivity contribution in [3.8, 4) is 5.75 Å². The van der Waals surface area contributed by atoms with E-state index in [-0.39, 0.29) is 11.5 Å². The maximum atomic E-state index is 6.41. The lowest BCUT2D eigenvalue weighted by Gasteiger charge is -2.59. The highest BCUT2D eigenvalue weighted by Crippen LogP contribution is 2.52. The zero-order chi connectivity index (χ0) is 16.3. The van der Waals surface area contributed by atoms with E-state index in [1.807, 2.05) is 0 Å². The van der Waals surface area contributed by atoms with Crippen LogP contribution in [0.15, 0.2) is 18.2 Å². The summed E-state index contributed by atoms with van der Waals surface area (Å²) < 4.78 is 11.9. The SMILES string of the molecule is COc1ccc2c(c1)[C@@]13CCN(CC4CC4)[C@@H](C2)C1OCC(N)C3. The first kappa shape index (κ1) is 15.2. The third-order valence-electron chi connectivity index (χ3n) is 6.80. The van der Waals surface area contributed by atoms with Crippen LogP contribution in [0.25, 0.3) is 0 Å². The van der Waals surface area contributed by atoms with Gasteiger partial charge in [-0.1, -0.05) is 6.07 Å².